The molecule has 2 rings (SSSR count). The Morgan fingerprint density at radius 3 is 2.94 bits per heavy atom. The Hall–Kier alpha value is -1.06. The van der Waals surface area contributed by atoms with E-state index in [4.69, 9.17) is 17.3 Å². The van der Waals surface area contributed by atoms with Gasteiger partial charge in [-0.1, -0.05) is 12.1 Å². The number of alkyl halides is 1. The Morgan fingerprint density at radius 1 is 1.47 bits per heavy atom. The highest BCUT2D eigenvalue weighted by molar-refractivity contribution is 6.17. The number of amides is 1. The smallest absolute Gasteiger partial charge is 0.227 e. The van der Waals surface area contributed by atoms with Crippen molar-refractivity contribution < 1.29 is 4.79 Å². The molecule has 1 aliphatic rings. The fraction of sp³-hybridized carbons (Fsp3) is 0.462. The number of halogens is 1. The van der Waals surface area contributed by atoms with Gasteiger partial charge in [0.15, 0.2) is 0 Å². The van der Waals surface area contributed by atoms with Gasteiger partial charge in [-0.05, 0) is 30.0 Å². The maximum Gasteiger partial charge on any atom is 0.227 e. The number of fused-ring (bicyclic) bond motifs is 1. The highest BCUT2D eigenvalue weighted by atomic mass is 35.5. The highest BCUT2D eigenvalue weighted by Crippen LogP contribution is 2.29. The van der Waals surface area contributed by atoms with Crippen molar-refractivity contribution in [2.24, 2.45) is 5.73 Å². The molecule has 1 unspecified atom stereocenters. The van der Waals surface area contributed by atoms with E-state index in [-0.39, 0.29) is 11.9 Å². The number of hydrogen-bond acceptors (Lipinski definition) is 2. The number of carbonyl (C=O) groups excluding carboxylic acids is 1. The highest BCUT2D eigenvalue weighted by Gasteiger charge is 2.21. The lowest BCUT2D eigenvalue weighted by atomic mass is 9.96. The molecule has 1 aliphatic heterocycles. The molecular formula is C13H17ClN2O. The minimum atomic E-state index is -0.0132. The second-order valence-corrected chi connectivity index (χ2v) is 4.80. The van der Waals surface area contributed by atoms with Crippen LogP contribution in [0.2, 0.25) is 0 Å². The SMILES string of the molecule is CN1C(=O)CCc2cc(C(N)CCCl)ccc21. The summed E-state index contributed by atoms with van der Waals surface area (Å²) < 4.78 is 0. The third-order valence-electron chi connectivity index (χ3n) is 3.30. The zero-order valence-corrected chi connectivity index (χ0v) is 10.7. The van der Waals surface area contributed by atoms with E-state index < -0.39 is 0 Å². The molecule has 0 aromatic heterocycles. The predicted octanol–water partition coefficient (Wildman–Crippen LogP) is 2.22. The zero-order chi connectivity index (χ0) is 12.4. The Morgan fingerprint density at radius 2 is 2.24 bits per heavy atom. The van der Waals surface area contributed by atoms with Crippen molar-refractivity contribution in [2.45, 2.75) is 25.3 Å². The Kier molecular flexibility index (Phi) is 3.69. The first-order valence-electron chi connectivity index (χ1n) is 5.84. The van der Waals surface area contributed by atoms with Gasteiger partial charge in [-0.25, -0.2) is 0 Å². The van der Waals surface area contributed by atoms with Gasteiger partial charge in [0.2, 0.25) is 5.91 Å². The molecule has 4 heteroatoms. The molecule has 1 aromatic rings. The Balaban J connectivity index is 2.29. The van der Waals surface area contributed by atoms with Crippen molar-refractivity contribution in [3.63, 3.8) is 0 Å². The average Bonchev–Trinajstić information content (AvgIpc) is 2.34. The number of carbonyl (C=O) groups is 1. The van der Waals surface area contributed by atoms with Crippen LogP contribution >= 0.6 is 11.6 Å². The number of hydrogen-bond donors (Lipinski definition) is 1. The van der Waals surface area contributed by atoms with Gasteiger partial charge in [-0.3, -0.25) is 4.79 Å². The van der Waals surface area contributed by atoms with Crippen LogP contribution in [0.5, 0.6) is 0 Å². The molecule has 0 spiro atoms. The van der Waals surface area contributed by atoms with Gasteiger partial charge in [0.25, 0.3) is 0 Å². The van der Waals surface area contributed by atoms with Crippen molar-refractivity contribution >= 4 is 23.2 Å². The van der Waals surface area contributed by atoms with Gasteiger partial charge in [-0.2, -0.15) is 0 Å². The molecule has 1 amide bonds. The molecule has 17 heavy (non-hydrogen) atoms. The molecule has 1 aromatic carbocycles. The summed E-state index contributed by atoms with van der Waals surface area (Å²) in [5, 5.41) is 0. The van der Waals surface area contributed by atoms with E-state index >= 15 is 0 Å². The number of anilines is 1. The number of nitrogens with two attached hydrogens (primary N) is 1. The van der Waals surface area contributed by atoms with Crippen molar-refractivity contribution in [1.82, 2.24) is 0 Å². The van der Waals surface area contributed by atoms with Crippen LogP contribution in [-0.2, 0) is 11.2 Å². The van der Waals surface area contributed by atoms with E-state index in [1.54, 1.807) is 4.90 Å². The zero-order valence-electron chi connectivity index (χ0n) is 9.95. The van der Waals surface area contributed by atoms with E-state index in [2.05, 4.69) is 6.07 Å². The van der Waals surface area contributed by atoms with Crippen LogP contribution in [0, 0.1) is 0 Å². The van der Waals surface area contributed by atoms with Crippen molar-refractivity contribution in [1.29, 1.82) is 0 Å². The summed E-state index contributed by atoms with van der Waals surface area (Å²) in [5.41, 5.74) is 9.35. The molecule has 0 radical (unpaired) electrons. The van der Waals surface area contributed by atoms with Gasteiger partial charge >= 0.3 is 0 Å². The Labute approximate surface area is 107 Å². The predicted molar refractivity (Wildman–Crippen MR) is 70.4 cm³/mol. The summed E-state index contributed by atoms with van der Waals surface area (Å²) in [6.07, 6.45) is 2.16. The first kappa shape index (κ1) is 12.4. The van der Waals surface area contributed by atoms with Crippen LogP contribution in [0.4, 0.5) is 5.69 Å². The molecule has 0 aliphatic carbocycles. The average molecular weight is 253 g/mol. The number of nitrogens with zero attached hydrogens (tertiary/aromatic N) is 1. The van der Waals surface area contributed by atoms with Crippen molar-refractivity contribution in [3.05, 3.63) is 29.3 Å². The number of rotatable bonds is 3. The van der Waals surface area contributed by atoms with Crippen LogP contribution in [0.3, 0.4) is 0 Å². The molecule has 0 saturated carbocycles. The normalized spacial score (nSPS) is 16.9. The summed E-state index contributed by atoms with van der Waals surface area (Å²) in [4.78, 5) is 13.3. The van der Waals surface area contributed by atoms with Gasteiger partial charge in [0.05, 0.1) is 0 Å². The number of benzene rings is 1. The maximum atomic E-state index is 11.6. The van der Waals surface area contributed by atoms with Gasteiger partial charge in [-0.15, -0.1) is 11.6 Å². The number of aryl methyl sites for hydroxylation is 1. The minimum Gasteiger partial charge on any atom is -0.324 e. The summed E-state index contributed by atoms with van der Waals surface area (Å²) in [6.45, 7) is 0. The van der Waals surface area contributed by atoms with E-state index in [9.17, 15) is 4.79 Å². The van der Waals surface area contributed by atoms with E-state index in [1.165, 1.54) is 5.56 Å². The largest absolute Gasteiger partial charge is 0.324 e. The minimum absolute atomic E-state index is 0.0132. The Bertz CT molecular complexity index is 433. The lowest BCUT2D eigenvalue weighted by molar-refractivity contribution is -0.118. The lowest BCUT2D eigenvalue weighted by Gasteiger charge is -2.26. The molecule has 0 fully saturated rings. The van der Waals surface area contributed by atoms with Gasteiger partial charge < -0.3 is 10.6 Å². The van der Waals surface area contributed by atoms with Crippen LogP contribution in [0.25, 0.3) is 0 Å². The van der Waals surface area contributed by atoms with Crippen molar-refractivity contribution in [3.8, 4) is 0 Å². The first-order valence-corrected chi connectivity index (χ1v) is 6.38. The molecule has 1 atom stereocenters. The molecular weight excluding hydrogens is 236 g/mol. The third-order valence-corrected chi connectivity index (χ3v) is 3.51. The van der Waals surface area contributed by atoms with Crippen LogP contribution in [0.1, 0.15) is 30.0 Å². The van der Waals surface area contributed by atoms with E-state index in [1.807, 2.05) is 19.2 Å². The van der Waals surface area contributed by atoms with Crippen LogP contribution < -0.4 is 10.6 Å². The second kappa shape index (κ2) is 5.07. The summed E-state index contributed by atoms with van der Waals surface area (Å²) in [5.74, 6) is 0.742. The topological polar surface area (TPSA) is 46.3 Å². The summed E-state index contributed by atoms with van der Waals surface area (Å²) in [6, 6.07) is 6.07. The molecule has 2 N–H and O–H groups in total. The van der Waals surface area contributed by atoms with E-state index in [0.717, 1.165) is 24.1 Å². The first-order chi connectivity index (χ1) is 8.13. The van der Waals surface area contributed by atoms with Gasteiger partial charge in [0.1, 0.15) is 0 Å². The fourth-order valence-electron chi connectivity index (χ4n) is 2.19. The van der Waals surface area contributed by atoms with Crippen molar-refractivity contribution in [2.75, 3.05) is 17.8 Å². The summed E-state index contributed by atoms with van der Waals surface area (Å²) in [7, 11) is 1.82. The summed E-state index contributed by atoms with van der Waals surface area (Å²) >= 11 is 5.70. The quantitative estimate of drug-likeness (QED) is 0.839. The van der Waals surface area contributed by atoms with Crippen LogP contribution in [0.15, 0.2) is 18.2 Å². The molecule has 0 bridgehead atoms. The standard InChI is InChI=1S/C13H17ClN2O/c1-16-12-4-2-9(11(15)6-7-14)8-10(12)3-5-13(16)17/h2,4,8,11H,3,5-7,15H2,1H3. The monoisotopic (exact) mass is 252 g/mol. The molecule has 1 heterocycles. The van der Waals surface area contributed by atoms with E-state index in [0.29, 0.717) is 12.3 Å². The second-order valence-electron chi connectivity index (χ2n) is 4.43. The van der Waals surface area contributed by atoms with Crippen LogP contribution in [-0.4, -0.2) is 18.8 Å². The lowest BCUT2D eigenvalue weighted by Crippen LogP contribution is -2.31. The van der Waals surface area contributed by atoms with Gasteiger partial charge in [0, 0.05) is 31.1 Å². The molecule has 0 saturated heterocycles. The maximum absolute atomic E-state index is 11.6. The molecule has 3 nitrogen and oxygen atoms in total. The third kappa shape index (κ3) is 2.45. The fourth-order valence-corrected chi connectivity index (χ4v) is 2.43. The molecule has 92 valence electrons.